The fourth-order valence-corrected chi connectivity index (χ4v) is 1.99. The SMILES string of the molecule is O=C(NC1CCCC1)c1cnc(Cl)c(F)c1. The van der Waals surface area contributed by atoms with Crippen LogP contribution in [0.15, 0.2) is 12.3 Å². The van der Waals surface area contributed by atoms with Crippen LogP contribution in [-0.2, 0) is 0 Å². The Kier molecular flexibility index (Phi) is 3.39. The first-order valence-corrected chi connectivity index (χ1v) is 5.66. The van der Waals surface area contributed by atoms with E-state index in [9.17, 15) is 9.18 Å². The zero-order valence-electron chi connectivity index (χ0n) is 8.67. The third-order valence-electron chi connectivity index (χ3n) is 2.75. The average molecular weight is 243 g/mol. The molecule has 0 radical (unpaired) electrons. The molecule has 1 amide bonds. The smallest absolute Gasteiger partial charge is 0.253 e. The van der Waals surface area contributed by atoms with Crippen LogP contribution in [0.25, 0.3) is 0 Å². The van der Waals surface area contributed by atoms with Crippen molar-refractivity contribution < 1.29 is 9.18 Å². The van der Waals surface area contributed by atoms with E-state index in [4.69, 9.17) is 11.6 Å². The third kappa shape index (κ3) is 2.50. The number of carbonyl (C=O) groups excluding carboxylic acids is 1. The summed E-state index contributed by atoms with van der Waals surface area (Å²) < 4.78 is 13.1. The first kappa shape index (κ1) is 11.3. The van der Waals surface area contributed by atoms with Gasteiger partial charge in [0, 0.05) is 12.2 Å². The highest BCUT2D eigenvalue weighted by atomic mass is 35.5. The molecule has 2 rings (SSSR count). The molecule has 0 saturated heterocycles. The van der Waals surface area contributed by atoms with E-state index in [0.717, 1.165) is 31.7 Å². The maximum Gasteiger partial charge on any atom is 0.253 e. The lowest BCUT2D eigenvalue weighted by molar-refractivity contribution is 0.0937. The summed E-state index contributed by atoms with van der Waals surface area (Å²) in [7, 11) is 0. The number of nitrogens with zero attached hydrogens (tertiary/aromatic N) is 1. The molecule has 0 aromatic carbocycles. The summed E-state index contributed by atoms with van der Waals surface area (Å²) in [6.45, 7) is 0. The molecule has 86 valence electrons. The molecule has 0 atom stereocenters. The Morgan fingerprint density at radius 3 is 2.81 bits per heavy atom. The number of amides is 1. The second-order valence-electron chi connectivity index (χ2n) is 3.95. The van der Waals surface area contributed by atoms with Crippen LogP contribution in [0.4, 0.5) is 4.39 Å². The van der Waals surface area contributed by atoms with Gasteiger partial charge in [-0.2, -0.15) is 0 Å². The zero-order chi connectivity index (χ0) is 11.5. The molecule has 0 unspecified atom stereocenters. The summed E-state index contributed by atoms with van der Waals surface area (Å²) in [4.78, 5) is 15.3. The first-order valence-electron chi connectivity index (χ1n) is 5.29. The van der Waals surface area contributed by atoms with Gasteiger partial charge < -0.3 is 5.32 Å². The standard InChI is InChI=1S/C11H12ClFN2O/c12-10-9(13)5-7(6-14-10)11(16)15-8-3-1-2-4-8/h5-6,8H,1-4H2,(H,15,16). The molecule has 1 aliphatic carbocycles. The normalized spacial score (nSPS) is 16.4. The summed E-state index contributed by atoms with van der Waals surface area (Å²) in [6.07, 6.45) is 5.55. The van der Waals surface area contributed by atoms with Gasteiger partial charge in [0.05, 0.1) is 5.56 Å². The van der Waals surface area contributed by atoms with Crippen LogP contribution < -0.4 is 5.32 Å². The molecule has 1 heterocycles. The van der Waals surface area contributed by atoms with E-state index in [-0.39, 0.29) is 22.7 Å². The summed E-state index contributed by atoms with van der Waals surface area (Å²) in [5.74, 6) is -0.948. The van der Waals surface area contributed by atoms with Crippen molar-refractivity contribution in [2.24, 2.45) is 0 Å². The summed E-state index contributed by atoms with van der Waals surface area (Å²) in [6, 6.07) is 1.32. The van der Waals surface area contributed by atoms with Gasteiger partial charge in [0.25, 0.3) is 5.91 Å². The van der Waals surface area contributed by atoms with Crippen molar-refractivity contribution in [1.82, 2.24) is 10.3 Å². The lowest BCUT2D eigenvalue weighted by Crippen LogP contribution is -2.32. The Morgan fingerprint density at radius 1 is 1.50 bits per heavy atom. The minimum absolute atomic E-state index is 0.211. The molecule has 1 aromatic rings. The van der Waals surface area contributed by atoms with Gasteiger partial charge in [-0.25, -0.2) is 9.37 Å². The van der Waals surface area contributed by atoms with E-state index in [1.807, 2.05) is 0 Å². The first-order chi connectivity index (χ1) is 7.66. The molecule has 1 N–H and O–H groups in total. The van der Waals surface area contributed by atoms with Crippen LogP contribution >= 0.6 is 11.6 Å². The Balaban J connectivity index is 2.05. The molecule has 5 heteroatoms. The van der Waals surface area contributed by atoms with Crippen LogP contribution in [-0.4, -0.2) is 16.9 Å². The van der Waals surface area contributed by atoms with E-state index in [1.54, 1.807) is 0 Å². The minimum Gasteiger partial charge on any atom is -0.349 e. The van der Waals surface area contributed by atoms with Crippen molar-refractivity contribution in [1.29, 1.82) is 0 Å². The van der Waals surface area contributed by atoms with Crippen LogP contribution in [0.1, 0.15) is 36.0 Å². The molecule has 16 heavy (non-hydrogen) atoms. The van der Waals surface area contributed by atoms with Crippen molar-refractivity contribution in [3.05, 3.63) is 28.8 Å². The fourth-order valence-electron chi connectivity index (χ4n) is 1.88. The predicted molar refractivity (Wildman–Crippen MR) is 58.9 cm³/mol. The highest BCUT2D eigenvalue weighted by molar-refractivity contribution is 6.29. The fraction of sp³-hybridized carbons (Fsp3) is 0.455. The monoisotopic (exact) mass is 242 g/mol. The largest absolute Gasteiger partial charge is 0.349 e. The molecular weight excluding hydrogens is 231 g/mol. The van der Waals surface area contributed by atoms with Crippen LogP contribution in [0.3, 0.4) is 0 Å². The molecule has 0 spiro atoms. The molecule has 1 fully saturated rings. The Bertz CT molecular complexity index is 405. The summed E-state index contributed by atoms with van der Waals surface area (Å²) >= 11 is 5.44. The lowest BCUT2D eigenvalue weighted by Gasteiger charge is -2.11. The molecule has 0 bridgehead atoms. The lowest BCUT2D eigenvalue weighted by atomic mass is 10.2. The van der Waals surface area contributed by atoms with E-state index >= 15 is 0 Å². The topological polar surface area (TPSA) is 42.0 Å². The van der Waals surface area contributed by atoms with Gasteiger partial charge in [-0.1, -0.05) is 24.4 Å². The Hall–Kier alpha value is -1.16. The quantitative estimate of drug-likeness (QED) is 0.810. The van der Waals surface area contributed by atoms with Gasteiger partial charge in [0.15, 0.2) is 11.0 Å². The minimum atomic E-state index is -0.666. The summed E-state index contributed by atoms with van der Waals surface area (Å²) in [5.41, 5.74) is 0.216. The van der Waals surface area contributed by atoms with Gasteiger partial charge >= 0.3 is 0 Å². The molecule has 0 aliphatic heterocycles. The second kappa shape index (κ2) is 4.78. The number of halogens is 2. The molecule has 1 aliphatic rings. The van der Waals surface area contributed by atoms with Gasteiger partial charge in [-0.05, 0) is 18.9 Å². The summed E-state index contributed by atoms with van der Waals surface area (Å²) in [5, 5.41) is 2.64. The van der Waals surface area contributed by atoms with E-state index in [2.05, 4.69) is 10.3 Å². The number of hydrogen-bond acceptors (Lipinski definition) is 2. The molecular formula is C11H12ClFN2O. The molecule has 1 saturated carbocycles. The highest BCUT2D eigenvalue weighted by Gasteiger charge is 2.18. The van der Waals surface area contributed by atoms with Crippen LogP contribution in [0.5, 0.6) is 0 Å². The van der Waals surface area contributed by atoms with Crippen LogP contribution in [0, 0.1) is 5.82 Å². The highest BCUT2D eigenvalue weighted by Crippen LogP contribution is 2.18. The van der Waals surface area contributed by atoms with Crippen molar-refractivity contribution in [3.63, 3.8) is 0 Å². The molecule has 3 nitrogen and oxygen atoms in total. The number of hydrogen-bond donors (Lipinski definition) is 1. The average Bonchev–Trinajstić information content (AvgIpc) is 2.74. The van der Waals surface area contributed by atoms with Crippen molar-refractivity contribution >= 4 is 17.5 Å². The maximum atomic E-state index is 13.1. The predicted octanol–water partition coefficient (Wildman–Crippen LogP) is 2.55. The maximum absolute atomic E-state index is 13.1. The third-order valence-corrected chi connectivity index (χ3v) is 3.03. The Labute approximate surface area is 98.0 Å². The van der Waals surface area contributed by atoms with E-state index < -0.39 is 5.82 Å². The van der Waals surface area contributed by atoms with Crippen molar-refractivity contribution in [2.75, 3.05) is 0 Å². The molecule has 1 aromatic heterocycles. The zero-order valence-corrected chi connectivity index (χ0v) is 9.43. The van der Waals surface area contributed by atoms with Crippen molar-refractivity contribution in [2.45, 2.75) is 31.7 Å². The number of carbonyl (C=O) groups is 1. The second-order valence-corrected chi connectivity index (χ2v) is 4.31. The van der Waals surface area contributed by atoms with Gasteiger partial charge in [-0.3, -0.25) is 4.79 Å². The van der Waals surface area contributed by atoms with Crippen molar-refractivity contribution in [3.8, 4) is 0 Å². The number of rotatable bonds is 2. The number of pyridine rings is 1. The van der Waals surface area contributed by atoms with Gasteiger partial charge in [0.1, 0.15) is 0 Å². The number of nitrogens with one attached hydrogen (secondary N) is 1. The Morgan fingerprint density at radius 2 is 2.19 bits per heavy atom. The van der Waals surface area contributed by atoms with E-state index in [1.165, 1.54) is 6.20 Å². The number of aromatic nitrogens is 1. The van der Waals surface area contributed by atoms with Gasteiger partial charge in [-0.15, -0.1) is 0 Å². The van der Waals surface area contributed by atoms with E-state index in [0.29, 0.717) is 0 Å². The van der Waals surface area contributed by atoms with Gasteiger partial charge in [0.2, 0.25) is 0 Å². The van der Waals surface area contributed by atoms with Crippen LogP contribution in [0.2, 0.25) is 5.15 Å².